The largest absolute Gasteiger partial charge is 0.494 e. The number of ketones is 1. The van der Waals surface area contributed by atoms with E-state index in [1.807, 2.05) is 27.7 Å². The topological polar surface area (TPSA) is 79.7 Å². The quantitative estimate of drug-likeness (QED) is 0.537. The molecule has 0 unspecified atom stereocenters. The van der Waals surface area contributed by atoms with Crippen LogP contribution in [-0.2, 0) is 16.4 Å². The van der Waals surface area contributed by atoms with Gasteiger partial charge in [-0.1, -0.05) is 23.2 Å². The molecule has 0 atom stereocenters. The van der Waals surface area contributed by atoms with Crippen LogP contribution in [0.2, 0.25) is 10.0 Å². The van der Waals surface area contributed by atoms with Gasteiger partial charge in [-0.05, 0) is 52.2 Å². The first-order valence-electron chi connectivity index (χ1n) is 8.94. The number of carbonyl (C=O) groups excluding carboxylic acids is 1. The van der Waals surface area contributed by atoms with Gasteiger partial charge in [0, 0.05) is 13.1 Å². The number of benzene rings is 1. The van der Waals surface area contributed by atoms with Crippen molar-refractivity contribution in [1.82, 2.24) is 9.78 Å². The standard InChI is InChI=1S/C19H21BCl2N2O5/c1-10(25)12-9-15(23-24(6)17(12)26)27-16-13(21)7-11(8-14(16)22)20-28-18(2,3)19(4,5)29-20/h7-9H,1-6H3. The molecule has 1 aromatic carbocycles. The third-order valence-corrected chi connectivity index (χ3v) is 5.73. The number of Topliss-reactive ketones (excluding diaryl/α,β-unsaturated/α-hetero) is 1. The van der Waals surface area contributed by atoms with Crippen molar-refractivity contribution in [2.24, 2.45) is 7.05 Å². The van der Waals surface area contributed by atoms with Crippen molar-refractivity contribution in [2.75, 3.05) is 0 Å². The molecule has 1 aliphatic heterocycles. The number of hydrogen-bond donors (Lipinski definition) is 0. The minimum Gasteiger partial charge on any atom is -0.434 e. The smallest absolute Gasteiger partial charge is 0.434 e. The van der Waals surface area contributed by atoms with E-state index >= 15 is 0 Å². The van der Waals surface area contributed by atoms with E-state index in [1.54, 1.807) is 12.1 Å². The zero-order valence-corrected chi connectivity index (χ0v) is 18.5. The van der Waals surface area contributed by atoms with E-state index in [1.165, 1.54) is 20.0 Å². The molecule has 0 amide bonds. The molecule has 0 spiro atoms. The Hall–Kier alpha value is -1.87. The minimum absolute atomic E-state index is 0.0180. The molecule has 0 bridgehead atoms. The van der Waals surface area contributed by atoms with Crippen molar-refractivity contribution in [3.63, 3.8) is 0 Å². The van der Waals surface area contributed by atoms with E-state index in [0.717, 1.165) is 4.68 Å². The van der Waals surface area contributed by atoms with Crippen LogP contribution >= 0.6 is 23.2 Å². The zero-order valence-electron chi connectivity index (χ0n) is 17.0. The van der Waals surface area contributed by atoms with Crippen molar-refractivity contribution in [2.45, 2.75) is 45.8 Å². The zero-order chi connectivity index (χ0) is 21.7. The summed E-state index contributed by atoms with van der Waals surface area (Å²) in [4.78, 5) is 23.7. The van der Waals surface area contributed by atoms with E-state index in [0.29, 0.717) is 5.46 Å². The Morgan fingerprint density at radius 1 is 1.10 bits per heavy atom. The summed E-state index contributed by atoms with van der Waals surface area (Å²) in [5, 5.41) is 4.42. The Kier molecular flexibility index (Phi) is 5.60. The summed E-state index contributed by atoms with van der Waals surface area (Å²) < 4.78 is 18.8. The summed E-state index contributed by atoms with van der Waals surface area (Å²) in [5.74, 6) is -0.232. The van der Waals surface area contributed by atoms with Crippen LogP contribution in [0.3, 0.4) is 0 Å². The number of aryl methyl sites for hydroxylation is 1. The van der Waals surface area contributed by atoms with Crippen LogP contribution in [0.25, 0.3) is 0 Å². The van der Waals surface area contributed by atoms with Gasteiger partial charge in [0.25, 0.3) is 5.56 Å². The summed E-state index contributed by atoms with van der Waals surface area (Å²) >= 11 is 12.8. The van der Waals surface area contributed by atoms with Crippen molar-refractivity contribution in [1.29, 1.82) is 0 Å². The summed E-state index contributed by atoms with van der Waals surface area (Å²) in [6.07, 6.45) is 0. The molecule has 29 heavy (non-hydrogen) atoms. The predicted molar refractivity (Wildman–Crippen MR) is 112 cm³/mol. The van der Waals surface area contributed by atoms with E-state index < -0.39 is 29.7 Å². The molecule has 1 aliphatic rings. The molecule has 7 nitrogen and oxygen atoms in total. The highest BCUT2D eigenvalue weighted by atomic mass is 35.5. The van der Waals surface area contributed by atoms with Crippen LogP contribution in [0.5, 0.6) is 11.6 Å². The fourth-order valence-corrected chi connectivity index (χ4v) is 3.36. The Balaban J connectivity index is 1.94. The Labute approximate surface area is 179 Å². The van der Waals surface area contributed by atoms with Gasteiger partial charge in [0.2, 0.25) is 5.88 Å². The van der Waals surface area contributed by atoms with Crippen LogP contribution in [-0.4, -0.2) is 33.9 Å². The lowest BCUT2D eigenvalue weighted by molar-refractivity contribution is 0.00578. The third kappa shape index (κ3) is 4.07. The molecule has 3 rings (SSSR count). The van der Waals surface area contributed by atoms with Gasteiger partial charge in [-0.3, -0.25) is 9.59 Å². The molecule has 2 aromatic rings. The first-order chi connectivity index (χ1) is 13.3. The van der Waals surface area contributed by atoms with Crippen LogP contribution < -0.4 is 15.8 Å². The molecular formula is C19H21BCl2N2O5. The molecule has 2 heterocycles. The van der Waals surface area contributed by atoms with E-state index in [4.69, 9.17) is 37.2 Å². The second kappa shape index (κ2) is 7.43. The molecule has 1 saturated heterocycles. The summed E-state index contributed by atoms with van der Waals surface area (Å²) in [5.41, 5.74) is -0.929. The average molecular weight is 439 g/mol. The van der Waals surface area contributed by atoms with Gasteiger partial charge in [0.05, 0.1) is 26.8 Å². The molecule has 0 aliphatic carbocycles. The monoisotopic (exact) mass is 438 g/mol. The summed E-state index contributed by atoms with van der Waals surface area (Å²) in [6, 6.07) is 4.54. The number of carbonyl (C=O) groups is 1. The molecule has 1 aromatic heterocycles. The molecule has 0 saturated carbocycles. The first kappa shape index (κ1) is 21.8. The number of aromatic nitrogens is 2. The molecule has 10 heteroatoms. The SMILES string of the molecule is CC(=O)c1cc(Oc2c(Cl)cc(B3OC(C)(C)C(C)(C)O3)cc2Cl)nn(C)c1=O. The van der Waals surface area contributed by atoms with E-state index in [2.05, 4.69) is 5.10 Å². The molecule has 0 radical (unpaired) electrons. The van der Waals surface area contributed by atoms with Crippen molar-refractivity contribution < 1.29 is 18.8 Å². The minimum atomic E-state index is -0.635. The van der Waals surface area contributed by atoms with Gasteiger partial charge in [0.15, 0.2) is 11.5 Å². The van der Waals surface area contributed by atoms with Crippen LogP contribution in [0, 0.1) is 0 Å². The Morgan fingerprint density at radius 3 is 2.10 bits per heavy atom. The van der Waals surface area contributed by atoms with Gasteiger partial charge in [-0.25, -0.2) is 4.68 Å². The van der Waals surface area contributed by atoms with E-state index in [9.17, 15) is 9.59 Å². The fourth-order valence-electron chi connectivity index (χ4n) is 2.78. The second-order valence-corrected chi connectivity index (χ2v) is 8.70. The highest BCUT2D eigenvalue weighted by molar-refractivity contribution is 6.63. The maximum atomic E-state index is 12.0. The van der Waals surface area contributed by atoms with Crippen LogP contribution in [0.15, 0.2) is 23.0 Å². The molecule has 0 N–H and O–H groups in total. The van der Waals surface area contributed by atoms with E-state index in [-0.39, 0.29) is 27.2 Å². The van der Waals surface area contributed by atoms with Gasteiger partial charge < -0.3 is 14.0 Å². The fraction of sp³-hybridized carbons (Fsp3) is 0.421. The maximum Gasteiger partial charge on any atom is 0.494 e. The van der Waals surface area contributed by atoms with Crippen molar-refractivity contribution >= 4 is 41.6 Å². The number of halogens is 2. The highest BCUT2D eigenvalue weighted by Crippen LogP contribution is 2.39. The van der Waals surface area contributed by atoms with Crippen LogP contribution in [0.1, 0.15) is 45.0 Å². The number of rotatable bonds is 4. The van der Waals surface area contributed by atoms with Crippen LogP contribution in [0.4, 0.5) is 0 Å². The molecular weight excluding hydrogens is 418 g/mol. The second-order valence-electron chi connectivity index (χ2n) is 7.89. The summed E-state index contributed by atoms with van der Waals surface area (Å²) in [6.45, 7) is 9.09. The number of nitrogens with zero attached hydrogens (tertiary/aromatic N) is 2. The normalized spacial score (nSPS) is 17.4. The lowest BCUT2D eigenvalue weighted by Gasteiger charge is -2.32. The maximum absolute atomic E-state index is 12.0. The molecule has 1 fully saturated rings. The number of ether oxygens (including phenoxy) is 1. The molecule has 154 valence electrons. The third-order valence-electron chi connectivity index (χ3n) is 5.17. The first-order valence-corrected chi connectivity index (χ1v) is 9.70. The lowest BCUT2D eigenvalue weighted by Crippen LogP contribution is -2.41. The average Bonchev–Trinajstić information content (AvgIpc) is 2.81. The van der Waals surface area contributed by atoms with Gasteiger partial charge in [0.1, 0.15) is 0 Å². The Morgan fingerprint density at radius 2 is 1.62 bits per heavy atom. The lowest BCUT2D eigenvalue weighted by atomic mass is 9.79. The summed E-state index contributed by atoms with van der Waals surface area (Å²) in [7, 11) is 0.788. The Bertz CT molecular complexity index is 1010. The van der Waals surface area contributed by atoms with Crippen molar-refractivity contribution in [3.8, 4) is 11.6 Å². The number of hydrogen-bond acceptors (Lipinski definition) is 6. The van der Waals surface area contributed by atoms with Crippen molar-refractivity contribution in [3.05, 3.63) is 44.2 Å². The van der Waals surface area contributed by atoms with Gasteiger partial charge in [-0.2, -0.15) is 0 Å². The highest BCUT2D eigenvalue weighted by Gasteiger charge is 2.51. The predicted octanol–water partition coefficient (Wildman–Crippen LogP) is 3.38. The van der Waals surface area contributed by atoms with Gasteiger partial charge >= 0.3 is 7.12 Å². The van der Waals surface area contributed by atoms with Gasteiger partial charge in [-0.15, -0.1) is 5.10 Å².